The minimum atomic E-state index is -0.875. The summed E-state index contributed by atoms with van der Waals surface area (Å²) < 4.78 is 5.73. The number of aromatic nitrogens is 1. The summed E-state index contributed by atoms with van der Waals surface area (Å²) in [5.41, 5.74) is 2.60. The minimum absolute atomic E-state index is 0.0874. The van der Waals surface area contributed by atoms with Crippen molar-refractivity contribution < 1.29 is 14.6 Å². The number of para-hydroxylation sites is 1. The van der Waals surface area contributed by atoms with Crippen LogP contribution in [0, 0.1) is 5.92 Å². The molecule has 0 saturated heterocycles. The van der Waals surface area contributed by atoms with Gasteiger partial charge in [0.25, 0.3) is 5.91 Å². The fourth-order valence-corrected chi connectivity index (χ4v) is 4.54. The molecular weight excluding hydrogens is 414 g/mol. The summed E-state index contributed by atoms with van der Waals surface area (Å²) in [6, 6.07) is 18.0. The van der Waals surface area contributed by atoms with E-state index in [1.807, 2.05) is 44.2 Å². The van der Waals surface area contributed by atoms with Crippen LogP contribution in [0.4, 0.5) is 0 Å². The Kier molecular flexibility index (Phi) is 7.26. The molecule has 2 N–H and O–H groups in total. The molecule has 4 rings (SSSR count). The van der Waals surface area contributed by atoms with Crippen LogP contribution >= 0.6 is 0 Å². The third kappa shape index (κ3) is 5.52. The highest BCUT2D eigenvalue weighted by molar-refractivity contribution is 5.85. The third-order valence-corrected chi connectivity index (χ3v) is 6.80. The Labute approximate surface area is 195 Å². The molecule has 1 amide bonds. The number of benzene rings is 2. The van der Waals surface area contributed by atoms with Crippen LogP contribution in [-0.2, 0) is 17.8 Å². The number of fused-ring (bicyclic) bond motifs is 2. The van der Waals surface area contributed by atoms with Gasteiger partial charge in [-0.25, -0.2) is 0 Å². The highest BCUT2D eigenvalue weighted by atomic mass is 16.5. The molecule has 2 unspecified atom stereocenters. The molecule has 2 atom stereocenters. The van der Waals surface area contributed by atoms with Crippen molar-refractivity contribution in [2.75, 3.05) is 26.2 Å². The van der Waals surface area contributed by atoms with E-state index in [1.54, 1.807) is 6.20 Å². The normalized spacial score (nSPS) is 16.6. The maximum absolute atomic E-state index is 12.5. The Hall–Kier alpha value is -2.96. The zero-order valence-electron chi connectivity index (χ0n) is 19.5. The highest BCUT2D eigenvalue weighted by Crippen LogP contribution is 2.26. The molecular formula is C27H33N3O3. The Balaban J connectivity index is 1.29. The Morgan fingerprint density at radius 1 is 1.18 bits per heavy atom. The lowest BCUT2D eigenvalue weighted by atomic mass is 9.85. The summed E-state index contributed by atoms with van der Waals surface area (Å²) in [6.07, 6.45) is 3.34. The van der Waals surface area contributed by atoms with Crippen LogP contribution in [0.5, 0.6) is 5.75 Å². The van der Waals surface area contributed by atoms with E-state index < -0.39 is 5.60 Å². The zero-order valence-corrected chi connectivity index (χ0v) is 19.5. The molecule has 0 aliphatic carbocycles. The van der Waals surface area contributed by atoms with Gasteiger partial charge in [-0.05, 0) is 36.1 Å². The van der Waals surface area contributed by atoms with Crippen molar-refractivity contribution in [1.82, 2.24) is 15.2 Å². The number of nitrogens with zero attached hydrogens (tertiary/aromatic N) is 2. The van der Waals surface area contributed by atoms with E-state index in [-0.39, 0.29) is 18.4 Å². The van der Waals surface area contributed by atoms with E-state index in [9.17, 15) is 9.90 Å². The zero-order chi connectivity index (χ0) is 23.3. The van der Waals surface area contributed by atoms with Gasteiger partial charge >= 0.3 is 0 Å². The number of hydrogen-bond donors (Lipinski definition) is 2. The predicted molar refractivity (Wildman–Crippen MR) is 130 cm³/mol. The molecule has 174 valence electrons. The molecule has 0 saturated carbocycles. The number of amides is 1. The summed E-state index contributed by atoms with van der Waals surface area (Å²) in [5.74, 6) is 0.287. The van der Waals surface area contributed by atoms with E-state index in [2.05, 4.69) is 39.5 Å². The SMILES string of the molecule is CCC(O)(CN1CCc2ccccc2C1)C(C)CNC(=O)COc1cccc2cccnc12. The van der Waals surface area contributed by atoms with Crippen molar-refractivity contribution in [2.45, 2.75) is 38.8 Å². The Morgan fingerprint density at radius 3 is 2.79 bits per heavy atom. The molecule has 0 radical (unpaired) electrons. The van der Waals surface area contributed by atoms with Crippen LogP contribution in [0.15, 0.2) is 60.8 Å². The average molecular weight is 448 g/mol. The summed E-state index contributed by atoms with van der Waals surface area (Å²) in [7, 11) is 0. The minimum Gasteiger partial charge on any atom is -0.481 e. The maximum atomic E-state index is 12.5. The smallest absolute Gasteiger partial charge is 0.257 e. The Morgan fingerprint density at radius 2 is 1.97 bits per heavy atom. The number of hydrogen-bond acceptors (Lipinski definition) is 5. The summed E-state index contributed by atoms with van der Waals surface area (Å²) >= 11 is 0. The molecule has 6 nitrogen and oxygen atoms in total. The molecule has 0 bridgehead atoms. The fraction of sp³-hybridized carbons (Fsp3) is 0.407. The van der Waals surface area contributed by atoms with Gasteiger partial charge in [-0.2, -0.15) is 0 Å². The van der Waals surface area contributed by atoms with Gasteiger partial charge in [0.15, 0.2) is 6.61 Å². The molecule has 0 spiro atoms. The van der Waals surface area contributed by atoms with Crippen molar-refractivity contribution in [3.8, 4) is 5.75 Å². The van der Waals surface area contributed by atoms with E-state index in [1.165, 1.54) is 11.1 Å². The lowest BCUT2D eigenvalue weighted by Gasteiger charge is -2.40. The molecule has 1 aliphatic rings. The molecule has 3 aromatic rings. The molecule has 1 aromatic heterocycles. The first-order valence-electron chi connectivity index (χ1n) is 11.7. The molecule has 6 heteroatoms. The molecule has 2 heterocycles. The van der Waals surface area contributed by atoms with Gasteiger partial charge in [0.1, 0.15) is 11.3 Å². The topological polar surface area (TPSA) is 74.7 Å². The lowest BCUT2D eigenvalue weighted by molar-refractivity contribution is -0.124. The van der Waals surface area contributed by atoms with Crippen molar-refractivity contribution in [3.63, 3.8) is 0 Å². The molecule has 2 aromatic carbocycles. The molecule has 33 heavy (non-hydrogen) atoms. The molecule has 0 fully saturated rings. The number of β-amino-alcohol motifs (C(OH)–C–C–N with tert-alkyl or cyclic N) is 1. The van der Waals surface area contributed by atoms with Gasteiger partial charge in [0, 0.05) is 43.7 Å². The van der Waals surface area contributed by atoms with Crippen LogP contribution in [0.25, 0.3) is 10.9 Å². The van der Waals surface area contributed by atoms with Crippen LogP contribution in [0.3, 0.4) is 0 Å². The number of carbonyl (C=O) groups excluding carboxylic acids is 1. The largest absolute Gasteiger partial charge is 0.481 e. The first kappa shape index (κ1) is 23.2. The van der Waals surface area contributed by atoms with E-state index in [0.717, 1.165) is 30.4 Å². The first-order chi connectivity index (χ1) is 16.0. The fourth-order valence-electron chi connectivity index (χ4n) is 4.54. The number of nitrogens with one attached hydrogen (secondary N) is 1. The number of aliphatic hydroxyl groups is 1. The van der Waals surface area contributed by atoms with E-state index in [0.29, 0.717) is 25.3 Å². The average Bonchev–Trinajstić information content (AvgIpc) is 2.85. The molecule has 1 aliphatic heterocycles. The van der Waals surface area contributed by atoms with Crippen molar-refractivity contribution in [2.24, 2.45) is 5.92 Å². The standard InChI is InChI=1S/C27H33N3O3/c1-3-27(32,19-30-15-13-21-8-4-5-9-23(21)17-30)20(2)16-29-25(31)18-33-24-12-6-10-22-11-7-14-28-26(22)24/h4-12,14,20,32H,3,13,15-19H2,1-2H3,(H,29,31). The van der Waals surface area contributed by atoms with Gasteiger partial charge in [-0.1, -0.05) is 56.3 Å². The second kappa shape index (κ2) is 10.3. The summed E-state index contributed by atoms with van der Waals surface area (Å²) in [6.45, 7) is 6.69. The van der Waals surface area contributed by atoms with E-state index in [4.69, 9.17) is 4.74 Å². The third-order valence-electron chi connectivity index (χ3n) is 6.80. The number of pyridine rings is 1. The quantitative estimate of drug-likeness (QED) is 0.525. The second-order valence-corrected chi connectivity index (χ2v) is 9.01. The number of ether oxygens (including phenoxy) is 1. The first-order valence-corrected chi connectivity index (χ1v) is 11.7. The van der Waals surface area contributed by atoms with E-state index >= 15 is 0 Å². The maximum Gasteiger partial charge on any atom is 0.257 e. The van der Waals surface area contributed by atoms with Gasteiger partial charge < -0.3 is 15.2 Å². The Bertz CT molecular complexity index is 1100. The monoisotopic (exact) mass is 447 g/mol. The van der Waals surface area contributed by atoms with Crippen molar-refractivity contribution >= 4 is 16.8 Å². The van der Waals surface area contributed by atoms with Gasteiger partial charge in [0.05, 0.1) is 5.60 Å². The predicted octanol–water partition coefficient (Wildman–Crippen LogP) is 3.57. The lowest BCUT2D eigenvalue weighted by Crippen LogP contribution is -2.51. The van der Waals surface area contributed by atoms with Crippen LogP contribution < -0.4 is 10.1 Å². The number of rotatable bonds is 9. The number of carbonyl (C=O) groups is 1. The van der Waals surface area contributed by atoms with Crippen LogP contribution in [0.2, 0.25) is 0 Å². The van der Waals surface area contributed by atoms with Gasteiger partial charge in [-0.3, -0.25) is 14.7 Å². The van der Waals surface area contributed by atoms with Crippen LogP contribution in [-0.4, -0.2) is 52.7 Å². The van der Waals surface area contributed by atoms with Gasteiger partial charge in [0.2, 0.25) is 0 Å². The summed E-state index contributed by atoms with van der Waals surface area (Å²) in [4.78, 5) is 19.1. The van der Waals surface area contributed by atoms with Crippen molar-refractivity contribution in [1.29, 1.82) is 0 Å². The van der Waals surface area contributed by atoms with Crippen molar-refractivity contribution in [3.05, 3.63) is 71.9 Å². The van der Waals surface area contributed by atoms with Gasteiger partial charge in [-0.15, -0.1) is 0 Å². The summed E-state index contributed by atoms with van der Waals surface area (Å²) in [5, 5.41) is 15.3. The van der Waals surface area contributed by atoms with Crippen LogP contribution in [0.1, 0.15) is 31.4 Å². The highest BCUT2D eigenvalue weighted by Gasteiger charge is 2.35. The second-order valence-electron chi connectivity index (χ2n) is 9.01.